The van der Waals surface area contributed by atoms with Crippen molar-refractivity contribution in [1.29, 1.82) is 0 Å². The number of aromatic nitrogens is 4. The molecule has 2 aromatic heterocycles. The van der Waals surface area contributed by atoms with Gasteiger partial charge in [-0.1, -0.05) is 10.4 Å². The van der Waals surface area contributed by atoms with E-state index in [0.717, 1.165) is 11.3 Å². The Bertz CT molecular complexity index is 1410. The van der Waals surface area contributed by atoms with E-state index in [1.54, 1.807) is 20.8 Å². The van der Waals surface area contributed by atoms with E-state index < -0.39 is 57.5 Å². The fourth-order valence-electron chi connectivity index (χ4n) is 3.73. The molecular weight excluding hydrogens is 568 g/mol. The molecule has 1 aliphatic heterocycles. The molecule has 2 atom stereocenters. The molecule has 18 heteroatoms. The van der Waals surface area contributed by atoms with Crippen LogP contribution in [-0.4, -0.2) is 84.4 Å². The number of ketones is 1. The third-order valence-corrected chi connectivity index (χ3v) is 7.22. The second-order valence-electron chi connectivity index (χ2n) is 10.5. The largest absolute Gasteiger partial charge is 0.457 e. The molecule has 0 bridgehead atoms. The standard InChI is InChI=1S/C22H32N8O8S2/c1-21(2,3)37-19(33)22(4,5)38-27-17(14-11-39-20(24)25-14)16(31)9-13-15(30(18(13)32)40(34,35)36)8-12-10-29(7-6-23)28-26-12/h10-11,13,15H,6-9,23H2,1-5H3,(H2,24,25)(H,34,35,36)/b27-17-/t13-,15+/m0/s1. The highest BCUT2D eigenvalue weighted by atomic mass is 32.2. The number of nitrogens with zero attached hydrogens (tertiary/aromatic N) is 6. The van der Waals surface area contributed by atoms with Crippen molar-refractivity contribution in [2.45, 2.75) is 71.2 Å². The van der Waals surface area contributed by atoms with Crippen molar-refractivity contribution >= 4 is 50.1 Å². The lowest BCUT2D eigenvalue weighted by Gasteiger charge is -2.43. The van der Waals surface area contributed by atoms with Gasteiger partial charge < -0.3 is 21.0 Å². The Morgan fingerprint density at radius 2 is 1.93 bits per heavy atom. The first-order chi connectivity index (χ1) is 18.4. The summed E-state index contributed by atoms with van der Waals surface area (Å²) in [5, 5.41) is 13.3. The normalized spacial score (nSPS) is 18.4. The number of amides is 1. The topological polar surface area (TPSA) is 235 Å². The number of hydrogen-bond acceptors (Lipinski definition) is 14. The van der Waals surface area contributed by atoms with Gasteiger partial charge in [-0.3, -0.25) is 18.8 Å². The van der Waals surface area contributed by atoms with Crippen LogP contribution in [0.1, 0.15) is 52.4 Å². The molecule has 0 aliphatic carbocycles. The number of rotatable bonds is 12. The highest BCUT2D eigenvalue weighted by molar-refractivity contribution is 7.84. The summed E-state index contributed by atoms with van der Waals surface area (Å²) in [6, 6.07) is -1.13. The Morgan fingerprint density at radius 3 is 2.48 bits per heavy atom. The number of oxime groups is 1. The van der Waals surface area contributed by atoms with Gasteiger partial charge in [-0.2, -0.15) is 8.42 Å². The zero-order valence-electron chi connectivity index (χ0n) is 22.6. The summed E-state index contributed by atoms with van der Waals surface area (Å²) in [5.41, 5.74) is 8.83. The van der Waals surface area contributed by atoms with E-state index in [1.165, 1.54) is 30.1 Å². The van der Waals surface area contributed by atoms with Crippen LogP contribution in [0.5, 0.6) is 0 Å². The van der Waals surface area contributed by atoms with E-state index in [9.17, 15) is 27.4 Å². The van der Waals surface area contributed by atoms with Gasteiger partial charge in [-0.05, 0) is 34.6 Å². The average Bonchev–Trinajstić information content (AvgIpc) is 3.44. The molecule has 3 heterocycles. The Morgan fingerprint density at radius 1 is 1.25 bits per heavy atom. The van der Waals surface area contributed by atoms with Crippen LogP contribution in [0.2, 0.25) is 0 Å². The minimum atomic E-state index is -4.92. The number of carbonyl (C=O) groups excluding carboxylic acids is 3. The maximum absolute atomic E-state index is 13.4. The number of Topliss-reactive ketones (excluding diaryl/α,β-unsaturated/α-hetero) is 1. The van der Waals surface area contributed by atoms with Gasteiger partial charge in [-0.15, -0.1) is 16.4 Å². The van der Waals surface area contributed by atoms with Crippen molar-refractivity contribution in [3.63, 3.8) is 0 Å². The maximum Gasteiger partial charge on any atom is 0.362 e. The molecule has 40 heavy (non-hydrogen) atoms. The van der Waals surface area contributed by atoms with E-state index in [2.05, 4.69) is 20.5 Å². The van der Waals surface area contributed by atoms with Gasteiger partial charge >= 0.3 is 16.3 Å². The summed E-state index contributed by atoms with van der Waals surface area (Å²) in [6.45, 7) is 8.48. The molecule has 2 aromatic rings. The number of anilines is 1. The molecule has 16 nitrogen and oxygen atoms in total. The van der Waals surface area contributed by atoms with Crippen molar-refractivity contribution in [3.05, 3.63) is 23.0 Å². The van der Waals surface area contributed by atoms with Crippen LogP contribution in [-0.2, 0) is 47.2 Å². The molecule has 3 rings (SSSR count). The minimum absolute atomic E-state index is 0.0344. The molecule has 5 N–H and O–H groups in total. The van der Waals surface area contributed by atoms with Gasteiger partial charge in [0.05, 0.1) is 24.2 Å². The molecule has 1 amide bonds. The fourth-order valence-corrected chi connectivity index (χ4v) is 5.20. The lowest BCUT2D eigenvalue weighted by Crippen LogP contribution is -2.64. The van der Waals surface area contributed by atoms with Gasteiger partial charge in [0, 0.05) is 31.0 Å². The lowest BCUT2D eigenvalue weighted by atomic mass is 9.82. The summed E-state index contributed by atoms with van der Waals surface area (Å²) < 4.78 is 40.5. The average molecular weight is 601 g/mol. The van der Waals surface area contributed by atoms with Gasteiger partial charge in [0.1, 0.15) is 11.3 Å². The first kappa shape index (κ1) is 31.1. The third kappa shape index (κ3) is 7.38. The highest BCUT2D eigenvalue weighted by Crippen LogP contribution is 2.34. The van der Waals surface area contributed by atoms with Crippen LogP contribution in [0.4, 0.5) is 5.13 Å². The highest BCUT2D eigenvalue weighted by Gasteiger charge is 2.54. The number of nitrogens with two attached hydrogens (primary N) is 2. The number of esters is 1. The molecule has 0 saturated carbocycles. The Kier molecular flexibility index (Phi) is 8.97. The molecule has 0 unspecified atom stereocenters. The first-order valence-corrected chi connectivity index (χ1v) is 14.3. The third-order valence-electron chi connectivity index (χ3n) is 5.60. The Balaban J connectivity index is 1.87. The number of thiazole rings is 1. The van der Waals surface area contributed by atoms with Crippen molar-refractivity contribution in [2.75, 3.05) is 12.3 Å². The SMILES string of the molecule is CC(C)(C)OC(=O)C(C)(C)O/N=C(\C(=O)C[C@@H]1C(=O)N(S(=O)(=O)O)[C@@H]1Cc1cn(CCN)nn1)c1csc(N)n1. The molecular formula is C22H32N8O8S2. The molecule has 0 radical (unpaired) electrons. The quantitative estimate of drug-likeness (QED) is 0.0953. The van der Waals surface area contributed by atoms with E-state index in [4.69, 9.17) is 21.0 Å². The molecule has 1 aliphatic rings. The Labute approximate surface area is 234 Å². The molecule has 0 aromatic carbocycles. The van der Waals surface area contributed by atoms with E-state index >= 15 is 0 Å². The number of ether oxygens (including phenoxy) is 1. The van der Waals surface area contributed by atoms with Crippen LogP contribution in [0.25, 0.3) is 0 Å². The number of β-lactam (4-membered cyclic amide) rings is 1. The van der Waals surface area contributed by atoms with Crippen molar-refractivity contribution in [2.24, 2.45) is 16.8 Å². The number of hydrogen-bond donors (Lipinski definition) is 3. The Hall–Kier alpha value is -3.48. The van der Waals surface area contributed by atoms with Crippen molar-refractivity contribution in [1.82, 2.24) is 24.3 Å². The molecule has 1 fully saturated rings. The van der Waals surface area contributed by atoms with E-state index in [-0.39, 0.29) is 29.5 Å². The van der Waals surface area contributed by atoms with Crippen molar-refractivity contribution in [3.8, 4) is 0 Å². The summed E-state index contributed by atoms with van der Waals surface area (Å²) in [6.07, 6.45) is 0.888. The predicted octanol–water partition coefficient (Wildman–Crippen LogP) is -0.0518. The van der Waals surface area contributed by atoms with Crippen LogP contribution < -0.4 is 11.5 Å². The smallest absolute Gasteiger partial charge is 0.362 e. The zero-order chi connectivity index (χ0) is 30.0. The van der Waals surface area contributed by atoms with E-state index in [0.29, 0.717) is 16.5 Å². The van der Waals surface area contributed by atoms with Crippen LogP contribution in [0, 0.1) is 5.92 Å². The first-order valence-electron chi connectivity index (χ1n) is 12.1. The van der Waals surface area contributed by atoms with Gasteiger partial charge in [0.2, 0.25) is 11.5 Å². The molecule has 220 valence electrons. The summed E-state index contributed by atoms with van der Waals surface area (Å²) >= 11 is 1.02. The summed E-state index contributed by atoms with van der Waals surface area (Å²) in [7, 11) is -4.92. The van der Waals surface area contributed by atoms with Crippen LogP contribution in [0.15, 0.2) is 16.7 Å². The number of nitrogen functional groups attached to an aromatic ring is 1. The molecule has 1 saturated heterocycles. The number of carbonyl (C=O) groups is 3. The monoisotopic (exact) mass is 600 g/mol. The lowest BCUT2D eigenvalue weighted by molar-refractivity contribution is -0.179. The van der Waals surface area contributed by atoms with Crippen molar-refractivity contribution < 1.29 is 36.9 Å². The van der Waals surface area contributed by atoms with Gasteiger partial charge in [-0.25, -0.2) is 14.1 Å². The molecule has 0 spiro atoms. The van der Waals surface area contributed by atoms with Crippen LogP contribution >= 0.6 is 11.3 Å². The van der Waals surface area contributed by atoms with Crippen LogP contribution in [0.3, 0.4) is 0 Å². The zero-order valence-corrected chi connectivity index (χ0v) is 24.2. The predicted molar refractivity (Wildman–Crippen MR) is 142 cm³/mol. The second-order valence-corrected chi connectivity index (χ2v) is 12.7. The van der Waals surface area contributed by atoms with E-state index in [1.807, 2.05) is 0 Å². The van der Waals surface area contributed by atoms with Gasteiger partial charge in [0.15, 0.2) is 16.6 Å². The fraction of sp³-hybridized carbons (Fsp3) is 0.591. The maximum atomic E-state index is 13.4. The second kappa shape index (κ2) is 11.6. The summed E-state index contributed by atoms with van der Waals surface area (Å²) in [4.78, 5) is 48.3. The van der Waals surface area contributed by atoms with Gasteiger partial charge in [0.25, 0.3) is 0 Å². The minimum Gasteiger partial charge on any atom is -0.457 e. The summed E-state index contributed by atoms with van der Waals surface area (Å²) in [5.74, 6) is -3.62.